The van der Waals surface area contributed by atoms with Crippen LogP contribution in [0.3, 0.4) is 0 Å². The predicted molar refractivity (Wildman–Crippen MR) is 80.0 cm³/mol. The molecule has 3 rings (SSSR count). The lowest BCUT2D eigenvalue weighted by molar-refractivity contribution is 0.0938. The van der Waals surface area contributed by atoms with Crippen molar-refractivity contribution in [2.75, 3.05) is 13.1 Å². The van der Waals surface area contributed by atoms with Crippen LogP contribution in [0.4, 0.5) is 0 Å². The average Bonchev–Trinajstić information content (AvgIpc) is 2.85. The molecule has 2 N–H and O–H groups in total. The fraction of sp³-hybridized carbons (Fsp3) is 0.800. The summed E-state index contributed by atoms with van der Waals surface area (Å²) in [6, 6.07) is 0.552. The minimum absolute atomic E-state index is 0.112. The van der Waals surface area contributed by atoms with E-state index in [0.717, 1.165) is 25.9 Å². The number of rotatable bonds is 3. The van der Waals surface area contributed by atoms with Gasteiger partial charge in [0.15, 0.2) is 5.69 Å². The van der Waals surface area contributed by atoms with Crippen molar-refractivity contribution in [3.8, 4) is 0 Å². The van der Waals surface area contributed by atoms with Crippen molar-refractivity contribution >= 4 is 5.91 Å². The molecular weight excluding hydrogens is 266 g/mol. The van der Waals surface area contributed by atoms with Crippen molar-refractivity contribution in [1.82, 2.24) is 25.6 Å². The minimum Gasteiger partial charge on any atom is -0.347 e. The standard InChI is InChI=1S/C15H25N5O/c1-14(2)13(15(14,3)4)17-12(21)11-9-20(19-18-11)10-5-7-16-8-6-10/h9-10,13,16H,5-8H2,1-4H3,(H,17,21). The van der Waals surface area contributed by atoms with E-state index in [1.807, 2.05) is 4.68 Å². The summed E-state index contributed by atoms with van der Waals surface area (Å²) < 4.78 is 1.85. The van der Waals surface area contributed by atoms with Gasteiger partial charge in [0.05, 0.1) is 12.2 Å². The molecule has 116 valence electrons. The predicted octanol–water partition coefficient (Wildman–Crippen LogP) is 1.37. The molecule has 0 bridgehead atoms. The number of amides is 1. The molecule has 6 nitrogen and oxygen atoms in total. The van der Waals surface area contributed by atoms with Crippen LogP contribution in [-0.2, 0) is 0 Å². The van der Waals surface area contributed by atoms with Gasteiger partial charge in [-0.15, -0.1) is 5.10 Å². The second-order valence-electron chi connectivity index (χ2n) is 7.41. The third-order valence-electron chi connectivity index (χ3n) is 5.72. The molecule has 0 unspecified atom stereocenters. The maximum absolute atomic E-state index is 12.3. The molecule has 1 aliphatic carbocycles. The van der Waals surface area contributed by atoms with Gasteiger partial charge in [0.1, 0.15) is 0 Å². The zero-order valence-electron chi connectivity index (χ0n) is 13.3. The van der Waals surface area contributed by atoms with E-state index in [0.29, 0.717) is 11.7 Å². The average molecular weight is 291 g/mol. The molecule has 2 heterocycles. The van der Waals surface area contributed by atoms with Gasteiger partial charge in [0.2, 0.25) is 0 Å². The van der Waals surface area contributed by atoms with E-state index >= 15 is 0 Å². The number of nitrogens with one attached hydrogen (secondary N) is 2. The lowest BCUT2D eigenvalue weighted by Gasteiger charge is -2.22. The lowest BCUT2D eigenvalue weighted by Crippen LogP contribution is -2.30. The summed E-state index contributed by atoms with van der Waals surface area (Å²) in [7, 11) is 0. The van der Waals surface area contributed by atoms with E-state index in [1.54, 1.807) is 6.20 Å². The van der Waals surface area contributed by atoms with Gasteiger partial charge >= 0.3 is 0 Å². The molecule has 0 atom stereocenters. The van der Waals surface area contributed by atoms with Crippen LogP contribution in [0, 0.1) is 10.8 Å². The van der Waals surface area contributed by atoms with Crippen molar-refractivity contribution in [2.45, 2.75) is 52.6 Å². The van der Waals surface area contributed by atoms with Gasteiger partial charge in [0.25, 0.3) is 5.91 Å². The van der Waals surface area contributed by atoms with Crippen LogP contribution in [0.15, 0.2) is 6.20 Å². The first-order chi connectivity index (χ1) is 9.84. The summed E-state index contributed by atoms with van der Waals surface area (Å²) in [6.07, 6.45) is 3.86. The Bertz CT molecular complexity index is 528. The maximum Gasteiger partial charge on any atom is 0.273 e. The molecule has 1 aromatic heterocycles. The highest BCUT2D eigenvalue weighted by Crippen LogP contribution is 2.62. The van der Waals surface area contributed by atoms with E-state index in [4.69, 9.17) is 0 Å². The van der Waals surface area contributed by atoms with Gasteiger partial charge in [-0.2, -0.15) is 0 Å². The van der Waals surface area contributed by atoms with Crippen LogP contribution in [0.2, 0.25) is 0 Å². The van der Waals surface area contributed by atoms with Crippen molar-refractivity contribution < 1.29 is 4.79 Å². The Morgan fingerprint density at radius 1 is 1.29 bits per heavy atom. The largest absolute Gasteiger partial charge is 0.347 e. The molecule has 1 aliphatic heterocycles. The Hall–Kier alpha value is -1.43. The molecule has 0 aromatic carbocycles. The molecule has 0 spiro atoms. The second-order valence-corrected chi connectivity index (χ2v) is 7.41. The van der Waals surface area contributed by atoms with E-state index in [1.165, 1.54) is 0 Å². The monoisotopic (exact) mass is 291 g/mol. The fourth-order valence-corrected chi connectivity index (χ4v) is 3.39. The summed E-state index contributed by atoms with van der Waals surface area (Å²) in [4.78, 5) is 12.3. The minimum atomic E-state index is -0.112. The van der Waals surface area contributed by atoms with Crippen LogP contribution in [-0.4, -0.2) is 40.0 Å². The van der Waals surface area contributed by atoms with E-state index in [9.17, 15) is 4.79 Å². The third-order valence-corrected chi connectivity index (χ3v) is 5.72. The van der Waals surface area contributed by atoms with Crippen LogP contribution >= 0.6 is 0 Å². The molecule has 0 radical (unpaired) electrons. The molecule has 1 aromatic rings. The smallest absolute Gasteiger partial charge is 0.273 e. The second kappa shape index (κ2) is 4.80. The summed E-state index contributed by atoms with van der Waals surface area (Å²) in [6.45, 7) is 10.7. The summed E-state index contributed by atoms with van der Waals surface area (Å²) in [5.74, 6) is -0.112. The van der Waals surface area contributed by atoms with Crippen molar-refractivity contribution in [2.24, 2.45) is 10.8 Å². The first-order valence-electron chi connectivity index (χ1n) is 7.77. The van der Waals surface area contributed by atoms with Gasteiger partial charge < -0.3 is 10.6 Å². The Morgan fingerprint density at radius 3 is 2.48 bits per heavy atom. The van der Waals surface area contributed by atoms with Gasteiger partial charge in [-0.3, -0.25) is 4.79 Å². The highest BCUT2D eigenvalue weighted by atomic mass is 16.2. The summed E-state index contributed by atoms with van der Waals surface area (Å²) in [5, 5.41) is 14.6. The first-order valence-corrected chi connectivity index (χ1v) is 7.77. The molecule has 1 saturated heterocycles. The van der Waals surface area contributed by atoms with Gasteiger partial charge in [0, 0.05) is 6.04 Å². The zero-order chi connectivity index (χ0) is 15.3. The number of aromatic nitrogens is 3. The summed E-state index contributed by atoms with van der Waals surface area (Å²) >= 11 is 0. The zero-order valence-corrected chi connectivity index (χ0v) is 13.3. The van der Waals surface area contributed by atoms with Gasteiger partial charge in [-0.05, 0) is 36.8 Å². The number of carbonyl (C=O) groups excluding carboxylic acids is 1. The maximum atomic E-state index is 12.3. The molecular formula is C15H25N5O. The SMILES string of the molecule is CC1(C)C(NC(=O)c2cn(C3CCNCC3)nn2)C1(C)C. The van der Waals surface area contributed by atoms with Crippen molar-refractivity contribution in [3.05, 3.63) is 11.9 Å². The van der Waals surface area contributed by atoms with Crippen LogP contribution < -0.4 is 10.6 Å². The molecule has 6 heteroatoms. The Kier molecular flexibility index (Phi) is 3.31. The van der Waals surface area contributed by atoms with Crippen LogP contribution in [0.25, 0.3) is 0 Å². The number of hydrogen-bond acceptors (Lipinski definition) is 4. The number of carbonyl (C=O) groups is 1. The first kappa shape index (κ1) is 14.5. The fourth-order valence-electron chi connectivity index (χ4n) is 3.39. The Balaban J connectivity index is 1.65. The third kappa shape index (κ3) is 2.35. The molecule has 21 heavy (non-hydrogen) atoms. The summed E-state index contributed by atoms with van der Waals surface area (Å²) in [5.41, 5.74) is 0.688. The van der Waals surface area contributed by atoms with Crippen molar-refractivity contribution in [3.63, 3.8) is 0 Å². The normalized spacial score (nSPS) is 24.8. The van der Waals surface area contributed by atoms with Gasteiger partial charge in [-0.1, -0.05) is 32.9 Å². The number of piperidine rings is 1. The topological polar surface area (TPSA) is 71.8 Å². The molecule has 1 amide bonds. The highest BCUT2D eigenvalue weighted by Gasteiger charge is 2.65. The molecule has 1 saturated carbocycles. The van der Waals surface area contributed by atoms with E-state index < -0.39 is 0 Å². The quantitative estimate of drug-likeness (QED) is 0.882. The Morgan fingerprint density at radius 2 is 1.90 bits per heavy atom. The lowest BCUT2D eigenvalue weighted by atomic mass is 10.0. The van der Waals surface area contributed by atoms with Crippen LogP contribution in [0.1, 0.15) is 57.1 Å². The van der Waals surface area contributed by atoms with Crippen LogP contribution in [0.5, 0.6) is 0 Å². The number of nitrogens with zero attached hydrogens (tertiary/aromatic N) is 3. The molecule has 2 aliphatic rings. The highest BCUT2D eigenvalue weighted by molar-refractivity contribution is 5.92. The van der Waals surface area contributed by atoms with Gasteiger partial charge in [-0.25, -0.2) is 4.68 Å². The van der Waals surface area contributed by atoms with E-state index in [2.05, 4.69) is 48.6 Å². The van der Waals surface area contributed by atoms with E-state index in [-0.39, 0.29) is 22.8 Å². The Labute approximate surface area is 125 Å². The molecule has 2 fully saturated rings. The van der Waals surface area contributed by atoms with Crippen molar-refractivity contribution in [1.29, 1.82) is 0 Å². The number of hydrogen-bond donors (Lipinski definition) is 2.